The van der Waals surface area contributed by atoms with Gasteiger partial charge in [-0.05, 0) is 56.3 Å². The van der Waals surface area contributed by atoms with Crippen LogP contribution in [-0.4, -0.2) is 35.2 Å². The van der Waals surface area contributed by atoms with E-state index in [1.165, 1.54) is 0 Å². The fourth-order valence-electron chi connectivity index (χ4n) is 2.88. The molecular weight excluding hydrogens is 360 g/mol. The van der Waals surface area contributed by atoms with Gasteiger partial charge in [0.05, 0.1) is 19.1 Å². The number of aryl methyl sites for hydroxylation is 2. The maximum absolute atomic E-state index is 12.3. The van der Waals surface area contributed by atoms with Gasteiger partial charge in [0.15, 0.2) is 0 Å². The van der Waals surface area contributed by atoms with Crippen LogP contribution < -0.4 is 15.4 Å². The normalized spacial score (nSPS) is 11.7. The average Bonchev–Trinajstić information content (AvgIpc) is 3.32. The predicted molar refractivity (Wildman–Crippen MR) is 103 cm³/mol. The van der Waals surface area contributed by atoms with E-state index in [0.29, 0.717) is 17.2 Å². The number of aromatic nitrogens is 2. The maximum Gasteiger partial charge on any atom is 0.313 e. The summed E-state index contributed by atoms with van der Waals surface area (Å²) < 4.78 is 12.3. The summed E-state index contributed by atoms with van der Waals surface area (Å²) in [6.45, 7) is 3.97. The summed E-state index contributed by atoms with van der Waals surface area (Å²) in [5, 5.41) is 9.67. The van der Waals surface area contributed by atoms with Crippen molar-refractivity contribution in [3.05, 3.63) is 65.9 Å². The summed E-state index contributed by atoms with van der Waals surface area (Å²) in [5.41, 5.74) is 2.29. The molecular formula is C20H22N4O4. The van der Waals surface area contributed by atoms with Crippen LogP contribution in [0.4, 0.5) is 5.69 Å². The SMILES string of the molecule is COc1ccc(NC(=O)C(=O)NCC(c2ccco2)n2nc(C)cc2C)cc1. The van der Waals surface area contributed by atoms with Crippen LogP contribution >= 0.6 is 0 Å². The molecule has 3 rings (SSSR count). The van der Waals surface area contributed by atoms with E-state index in [-0.39, 0.29) is 12.6 Å². The molecule has 0 aliphatic rings. The van der Waals surface area contributed by atoms with Crippen molar-refractivity contribution in [3.63, 3.8) is 0 Å². The van der Waals surface area contributed by atoms with Gasteiger partial charge in [-0.3, -0.25) is 14.3 Å². The van der Waals surface area contributed by atoms with E-state index in [1.807, 2.05) is 26.0 Å². The molecule has 3 aromatic rings. The van der Waals surface area contributed by atoms with Gasteiger partial charge in [0, 0.05) is 17.9 Å². The van der Waals surface area contributed by atoms with Crippen molar-refractivity contribution >= 4 is 17.5 Å². The highest BCUT2D eigenvalue weighted by Gasteiger charge is 2.22. The monoisotopic (exact) mass is 382 g/mol. The molecule has 0 aliphatic heterocycles. The Morgan fingerprint density at radius 2 is 1.93 bits per heavy atom. The van der Waals surface area contributed by atoms with Gasteiger partial charge in [0.1, 0.15) is 17.6 Å². The second-order valence-electron chi connectivity index (χ2n) is 6.30. The second kappa shape index (κ2) is 8.43. The average molecular weight is 382 g/mol. The lowest BCUT2D eigenvalue weighted by molar-refractivity contribution is -0.136. The molecule has 1 unspecified atom stereocenters. The Labute approximate surface area is 162 Å². The third-order valence-electron chi connectivity index (χ3n) is 4.22. The van der Waals surface area contributed by atoms with Crippen molar-refractivity contribution in [1.82, 2.24) is 15.1 Å². The summed E-state index contributed by atoms with van der Waals surface area (Å²) in [6, 6.07) is 11.9. The summed E-state index contributed by atoms with van der Waals surface area (Å²) in [6.07, 6.45) is 1.56. The van der Waals surface area contributed by atoms with Gasteiger partial charge < -0.3 is 19.8 Å². The number of rotatable bonds is 6. The van der Waals surface area contributed by atoms with Crippen LogP contribution in [-0.2, 0) is 9.59 Å². The summed E-state index contributed by atoms with van der Waals surface area (Å²) in [4.78, 5) is 24.4. The minimum Gasteiger partial charge on any atom is -0.497 e. The van der Waals surface area contributed by atoms with Gasteiger partial charge in [-0.15, -0.1) is 0 Å². The number of carbonyl (C=O) groups is 2. The molecule has 8 nitrogen and oxygen atoms in total. The molecule has 28 heavy (non-hydrogen) atoms. The van der Waals surface area contributed by atoms with Crippen molar-refractivity contribution in [3.8, 4) is 5.75 Å². The number of methoxy groups -OCH3 is 1. The largest absolute Gasteiger partial charge is 0.497 e. The zero-order valence-electron chi connectivity index (χ0n) is 15.9. The van der Waals surface area contributed by atoms with E-state index in [9.17, 15) is 9.59 Å². The molecule has 0 saturated heterocycles. The molecule has 2 N–H and O–H groups in total. The molecule has 146 valence electrons. The van der Waals surface area contributed by atoms with E-state index in [2.05, 4.69) is 15.7 Å². The maximum atomic E-state index is 12.3. The predicted octanol–water partition coefficient (Wildman–Crippen LogP) is 2.45. The quantitative estimate of drug-likeness (QED) is 0.638. The van der Waals surface area contributed by atoms with Gasteiger partial charge >= 0.3 is 11.8 Å². The number of hydrogen-bond donors (Lipinski definition) is 2. The van der Waals surface area contributed by atoms with Gasteiger partial charge in [-0.2, -0.15) is 5.10 Å². The number of carbonyl (C=O) groups excluding carboxylic acids is 2. The number of amides is 2. The van der Waals surface area contributed by atoms with Crippen LogP contribution in [0.3, 0.4) is 0 Å². The zero-order chi connectivity index (χ0) is 20.1. The number of furan rings is 1. The number of hydrogen-bond acceptors (Lipinski definition) is 5. The van der Waals surface area contributed by atoms with Crippen molar-refractivity contribution in [2.24, 2.45) is 0 Å². The van der Waals surface area contributed by atoms with Gasteiger partial charge in [0.2, 0.25) is 0 Å². The Hall–Kier alpha value is -3.55. The van der Waals surface area contributed by atoms with E-state index in [1.54, 1.807) is 48.4 Å². The molecule has 0 saturated carbocycles. The molecule has 0 fully saturated rings. The zero-order valence-corrected chi connectivity index (χ0v) is 15.9. The molecule has 1 aromatic carbocycles. The van der Waals surface area contributed by atoms with Crippen molar-refractivity contribution in [1.29, 1.82) is 0 Å². The first kappa shape index (κ1) is 19.2. The lowest BCUT2D eigenvalue weighted by Crippen LogP contribution is -2.39. The van der Waals surface area contributed by atoms with Crippen LogP contribution in [0.15, 0.2) is 53.1 Å². The number of anilines is 1. The fraction of sp³-hybridized carbons (Fsp3) is 0.250. The Balaban J connectivity index is 1.66. The van der Waals surface area contributed by atoms with E-state index in [4.69, 9.17) is 9.15 Å². The molecule has 2 amide bonds. The molecule has 0 aliphatic carbocycles. The molecule has 2 heterocycles. The van der Waals surface area contributed by atoms with Crippen LogP contribution in [0.25, 0.3) is 0 Å². The number of ether oxygens (including phenoxy) is 1. The minimum atomic E-state index is -0.753. The second-order valence-corrected chi connectivity index (χ2v) is 6.30. The highest BCUT2D eigenvalue weighted by Crippen LogP contribution is 2.20. The standard InChI is InChI=1S/C20H22N4O4/c1-13-11-14(2)24(23-13)17(18-5-4-10-28-18)12-21-19(25)20(26)22-15-6-8-16(27-3)9-7-15/h4-11,17H,12H2,1-3H3,(H,21,25)(H,22,26). The molecule has 1 atom stereocenters. The Bertz CT molecular complexity index is 945. The third kappa shape index (κ3) is 4.40. The van der Waals surface area contributed by atoms with Crippen molar-refractivity contribution in [2.45, 2.75) is 19.9 Å². The summed E-state index contributed by atoms with van der Waals surface area (Å²) in [5.74, 6) is -0.193. The highest BCUT2D eigenvalue weighted by atomic mass is 16.5. The lowest BCUT2D eigenvalue weighted by atomic mass is 10.2. The van der Waals surface area contributed by atoms with Crippen molar-refractivity contribution in [2.75, 3.05) is 19.0 Å². The van der Waals surface area contributed by atoms with Crippen LogP contribution in [0.2, 0.25) is 0 Å². The van der Waals surface area contributed by atoms with E-state index >= 15 is 0 Å². The molecule has 0 spiro atoms. The number of nitrogens with zero attached hydrogens (tertiary/aromatic N) is 2. The topological polar surface area (TPSA) is 98.4 Å². The van der Waals surface area contributed by atoms with Gasteiger partial charge in [-0.1, -0.05) is 0 Å². The van der Waals surface area contributed by atoms with Gasteiger partial charge in [0.25, 0.3) is 0 Å². The Kier molecular flexibility index (Phi) is 5.78. The Morgan fingerprint density at radius 3 is 2.50 bits per heavy atom. The van der Waals surface area contributed by atoms with E-state index < -0.39 is 11.8 Å². The Morgan fingerprint density at radius 1 is 1.18 bits per heavy atom. The number of nitrogens with one attached hydrogen (secondary N) is 2. The third-order valence-corrected chi connectivity index (χ3v) is 4.22. The van der Waals surface area contributed by atoms with Crippen LogP contribution in [0.1, 0.15) is 23.2 Å². The summed E-state index contributed by atoms with van der Waals surface area (Å²) >= 11 is 0. The molecule has 2 aromatic heterocycles. The number of benzene rings is 1. The first-order chi connectivity index (χ1) is 13.5. The molecule has 0 radical (unpaired) electrons. The van der Waals surface area contributed by atoms with Crippen LogP contribution in [0.5, 0.6) is 5.75 Å². The van der Waals surface area contributed by atoms with Gasteiger partial charge in [-0.25, -0.2) is 0 Å². The van der Waals surface area contributed by atoms with E-state index in [0.717, 1.165) is 11.4 Å². The minimum absolute atomic E-state index is 0.157. The first-order valence-corrected chi connectivity index (χ1v) is 8.77. The van der Waals surface area contributed by atoms with Crippen LogP contribution in [0, 0.1) is 13.8 Å². The molecule has 0 bridgehead atoms. The summed E-state index contributed by atoms with van der Waals surface area (Å²) in [7, 11) is 1.55. The smallest absolute Gasteiger partial charge is 0.313 e. The fourth-order valence-corrected chi connectivity index (χ4v) is 2.88. The van der Waals surface area contributed by atoms with Crippen molar-refractivity contribution < 1.29 is 18.7 Å². The first-order valence-electron chi connectivity index (χ1n) is 8.77. The highest BCUT2D eigenvalue weighted by molar-refractivity contribution is 6.39. The lowest BCUT2D eigenvalue weighted by Gasteiger charge is -2.18. The molecule has 8 heteroatoms.